The van der Waals surface area contributed by atoms with Crippen molar-refractivity contribution in [3.05, 3.63) is 70.2 Å². The van der Waals surface area contributed by atoms with Crippen LogP contribution in [0.4, 0.5) is 0 Å². The Hall–Kier alpha value is -2.96. The topological polar surface area (TPSA) is 76.5 Å². The summed E-state index contributed by atoms with van der Waals surface area (Å²) in [4.78, 5) is 20.7. The highest BCUT2D eigenvalue weighted by atomic mass is 35.5. The summed E-state index contributed by atoms with van der Waals surface area (Å²) in [7, 11) is 0. The molecule has 0 bridgehead atoms. The lowest BCUT2D eigenvalue weighted by atomic mass is 10.1. The van der Waals surface area contributed by atoms with E-state index in [1.165, 1.54) is 0 Å². The quantitative estimate of drug-likeness (QED) is 0.483. The van der Waals surface area contributed by atoms with Crippen LogP contribution >= 0.6 is 23.2 Å². The lowest BCUT2D eigenvalue weighted by molar-refractivity contribution is -0.116. The molecular weight excluding hydrogens is 409 g/mol. The molecule has 4 aromatic rings. The van der Waals surface area contributed by atoms with E-state index in [2.05, 4.69) is 15.2 Å². The Morgan fingerprint density at radius 1 is 1.21 bits per heavy atom. The van der Waals surface area contributed by atoms with E-state index in [-0.39, 0.29) is 12.2 Å². The standard InChI is InChI=1S/C21H17Cl2N5O/c1-12-10-24-15(7-13(2)29)9-16(12)19-11-28(20-4-3-14(22)8-17(20)23)21(26-19)18-5-6-25-27-18/h3-6,8-11H,7H2,1-2H3,(H,25,27). The Morgan fingerprint density at radius 3 is 2.72 bits per heavy atom. The fraction of sp³-hybridized carbons (Fsp3) is 0.143. The van der Waals surface area contributed by atoms with Gasteiger partial charge in [0.2, 0.25) is 0 Å². The molecule has 0 unspecified atom stereocenters. The van der Waals surface area contributed by atoms with Crippen molar-refractivity contribution in [3.63, 3.8) is 0 Å². The second kappa shape index (κ2) is 7.81. The van der Waals surface area contributed by atoms with Gasteiger partial charge in [-0.2, -0.15) is 5.10 Å². The van der Waals surface area contributed by atoms with E-state index in [1.807, 2.05) is 35.9 Å². The predicted octanol–water partition coefficient (Wildman–Crippen LogP) is 5.07. The van der Waals surface area contributed by atoms with Gasteiger partial charge in [-0.25, -0.2) is 4.98 Å². The first-order valence-electron chi connectivity index (χ1n) is 8.92. The minimum absolute atomic E-state index is 0.0592. The molecule has 8 heteroatoms. The fourth-order valence-corrected chi connectivity index (χ4v) is 3.63. The second-order valence-corrected chi connectivity index (χ2v) is 7.60. The largest absolute Gasteiger partial charge is 0.300 e. The SMILES string of the molecule is CC(=O)Cc1cc(-c2cn(-c3ccc(Cl)cc3Cl)c(-c3ccn[nH]3)n2)c(C)cn1. The summed E-state index contributed by atoms with van der Waals surface area (Å²) in [5.41, 5.74) is 4.81. The van der Waals surface area contributed by atoms with Crippen molar-refractivity contribution in [3.8, 4) is 28.5 Å². The van der Waals surface area contributed by atoms with Gasteiger partial charge in [-0.15, -0.1) is 0 Å². The van der Waals surface area contributed by atoms with Crippen LogP contribution in [0.1, 0.15) is 18.2 Å². The molecule has 0 saturated heterocycles. The summed E-state index contributed by atoms with van der Waals surface area (Å²) in [6, 6.07) is 9.06. The molecular formula is C21H17Cl2N5O. The summed E-state index contributed by atoms with van der Waals surface area (Å²) in [6.45, 7) is 3.51. The van der Waals surface area contributed by atoms with Gasteiger partial charge in [-0.05, 0) is 49.7 Å². The fourth-order valence-electron chi connectivity index (χ4n) is 3.14. The molecule has 0 aliphatic carbocycles. The zero-order valence-electron chi connectivity index (χ0n) is 15.8. The molecule has 0 amide bonds. The Balaban J connectivity index is 1.90. The highest BCUT2D eigenvalue weighted by molar-refractivity contribution is 6.35. The molecule has 3 aromatic heterocycles. The number of pyridine rings is 1. The lowest BCUT2D eigenvalue weighted by Gasteiger charge is -2.09. The molecule has 29 heavy (non-hydrogen) atoms. The number of aryl methyl sites for hydroxylation is 1. The average Bonchev–Trinajstić information content (AvgIpc) is 3.32. The smallest absolute Gasteiger partial charge is 0.163 e. The van der Waals surface area contributed by atoms with Crippen LogP contribution in [-0.4, -0.2) is 30.5 Å². The zero-order chi connectivity index (χ0) is 20.5. The molecule has 1 aromatic carbocycles. The lowest BCUT2D eigenvalue weighted by Crippen LogP contribution is -2.00. The number of ketones is 1. The summed E-state index contributed by atoms with van der Waals surface area (Å²) >= 11 is 12.5. The van der Waals surface area contributed by atoms with E-state index < -0.39 is 0 Å². The van der Waals surface area contributed by atoms with Gasteiger partial charge in [-0.3, -0.25) is 19.4 Å². The number of nitrogens with zero attached hydrogens (tertiary/aromatic N) is 4. The van der Waals surface area contributed by atoms with Crippen molar-refractivity contribution in [2.24, 2.45) is 0 Å². The number of imidazole rings is 1. The van der Waals surface area contributed by atoms with Gasteiger partial charge < -0.3 is 0 Å². The number of carbonyl (C=O) groups is 1. The number of hydrogen-bond acceptors (Lipinski definition) is 4. The number of benzene rings is 1. The van der Waals surface area contributed by atoms with E-state index in [1.54, 1.807) is 31.5 Å². The third-order valence-corrected chi connectivity index (χ3v) is 5.02. The van der Waals surface area contributed by atoms with E-state index >= 15 is 0 Å². The average molecular weight is 426 g/mol. The van der Waals surface area contributed by atoms with Gasteiger partial charge in [-0.1, -0.05) is 23.2 Å². The highest BCUT2D eigenvalue weighted by Gasteiger charge is 2.18. The minimum atomic E-state index is 0.0592. The summed E-state index contributed by atoms with van der Waals surface area (Å²) in [5.74, 6) is 0.718. The number of nitrogens with one attached hydrogen (secondary N) is 1. The Kier molecular flexibility index (Phi) is 5.22. The molecule has 0 atom stereocenters. The summed E-state index contributed by atoms with van der Waals surface area (Å²) < 4.78 is 1.89. The van der Waals surface area contributed by atoms with Gasteiger partial charge in [0, 0.05) is 41.3 Å². The summed E-state index contributed by atoms with van der Waals surface area (Å²) in [6.07, 6.45) is 5.62. The Bertz CT molecular complexity index is 1200. The van der Waals surface area contributed by atoms with E-state index in [0.717, 1.165) is 28.2 Å². The molecule has 0 radical (unpaired) electrons. The van der Waals surface area contributed by atoms with Crippen LogP contribution < -0.4 is 0 Å². The van der Waals surface area contributed by atoms with Crippen LogP contribution in [0.5, 0.6) is 0 Å². The number of halogens is 2. The van der Waals surface area contributed by atoms with E-state index in [4.69, 9.17) is 28.2 Å². The molecule has 0 spiro atoms. The van der Waals surface area contributed by atoms with Crippen LogP contribution in [0.3, 0.4) is 0 Å². The molecule has 3 heterocycles. The minimum Gasteiger partial charge on any atom is -0.300 e. The van der Waals surface area contributed by atoms with Crippen LogP contribution in [0.25, 0.3) is 28.5 Å². The van der Waals surface area contributed by atoms with Gasteiger partial charge >= 0.3 is 0 Å². The molecule has 0 aliphatic heterocycles. The molecule has 0 aliphatic rings. The molecule has 0 saturated carbocycles. The maximum absolute atomic E-state index is 11.5. The number of carbonyl (C=O) groups excluding carboxylic acids is 1. The van der Waals surface area contributed by atoms with Gasteiger partial charge in [0.25, 0.3) is 0 Å². The van der Waals surface area contributed by atoms with Crippen molar-refractivity contribution in [2.75, 3.05) is 0 Å². The number of Topliss-reactive ketones (excluding diaryl/α,β-unsaturated/α-hetero) is 1. The number of rotatable bonds is 5. The van der Waals surface area contributed by atoms with Crippen LogP contribution in [0.15, 0.2) is 48.9 Å². The molecule has 1 N–H and O–H groups in total. The first-order chi connectivity index (χ1) is 13.9. The van der Waals surface area contributed by atoms with E-state index in [0.29, 0.717) is 21.6 Å². The van der Waals surface area contributed by atoms with Crippen molar-refractivity contribution in [2.45, 2.75) is 20.3 Å². The molecule has 0 fully saturated rings. The maximum atomic E-state index is 11.5. The number of aromatic amines is 1. The predicted molar refractivity (Wildman–Crippen MR) is 114 cm³/mol. The first-order valence-corrected chi connectivity index (χ1v) is 9.68. The maximum Gasteiger partial charge on any atom is 0.163 e. The molecule has 146 valence electrons. The monoisotopic (exact) mass is 425 g/mol. The van der Waals surface area contributed by atoms with Crippen molar-refractivity contribution in [1.82, 2.24) is 24.7 Å². The number of H-pyrrole nitrogens is 1. The molecule has 4 rings (SSSR count). The zero-order valence-corrected chi connectivity index (χ0v) is 17.3. The first kappa shape index (κ1) is 19.4. The van der Waals surface area contributed by atoms with Gasteiger partial charge in [0.15, 0.2) is 5.82 Å². The van der Waals surface area contributed by atoms with Gasteiger partial charge in [0.1, 0.15) is 11.5 Å². The van der Waals surface area contributed by atoms with Crippen molar-refractivity contribution >= 4 is 29.0 Å². The third-order valence-electron chi connectivity index (χ3n) is 4.48. The van der Waals surface area contributed by atoms with Crippen LogP contribution in [0.2, 0.25) is 10.0 Å². The third kappa shape index (κ3) is 3.95. The number of hydrogen-bond donors (Lipinski definition) is 1. The highest BCUT2D eigenvalue weighted by Crippen LogP contribution is 2.32. The second-order valence-electron chi connectivity index (χ2n) is 6.76. The normalized spacial score (nSPS) is 11.0. The molecule has 6 nitrogen and oxygen atoms in total. The number of aromatic nitrogens is 5. The summed E-state index contributed by atoms with van der Waals surface area (Å²) in [5, 5.41) is 8.05. The Morgan fingerprint density at radius 2 is 2.03 bits per heavy atom. The van der Waals surface area contributed by atoms with Crippen molar-refractivity contribution in [1.29, 1.82) is 0 Å². The van der Waals surface area contributed by atoms with E-state index in [9.17, 15) is 4.79 Å². The van der Waals surface area contributed by atoms with Crippen LogP contribution in [-0.2, 0) is 11.2 Å². The van der Waals surface area contributed by atoms with Crippen LogP contribution in [0, 0.1) is 6.92 Å². The Labute approximate surface area is 177 Å². The van der Waals surface area contributed by atoms with Gasteiger partial charge in [0.05, 0.1) is 16.4 Å². The van der Waals surface area contributed by atoms with Crippen molar-refractivity contribution < 1.29 is 4.79 Å².